The van der Waals surface area contributed by atoms with Gasteiger partial charge in [-0.15, -0.1) is 0 Å². The molecule has 1 N–H and O–H groups in total. The topological polar surface area (TPSA) is 77.4 Å². The largest absolute Gasteiger partial charge is 0.454 e. The molecule has 1 aromatic carbocycles. The maximum Gasteiger partial charge on any atom is 0.307 e. The first-order valence-electron chi connectivity index (χ1n) is 8.35. The first kappa shape index (κ1) is 18.3. The maximum absolute atomic E-state index is 12.3. The van der Waals surface area contributed by atoms with Gasteiger partial charge in [0.1, 0.15) is 10.9 Å². The molecule has 0 aliphatic rings. The number of hydrogen-bond donors (Lipinski definition) is 1. The van der Waals surface area contributed by atoms with Gasteiger partial charge in [-0.25, -0.2) is 10.4 Å². The number of furan rings is 1. The SMILES string of the molecule is Cn1cc(C=NNC(=O)c2ccc(Cn3cnc(Cl)c3Cl)o2)c2ccccc21. The van der Waals surface area contributed by atoms with Gasteiger partial charge in [0.15, 0.2) is 10.9 Å². The van der Waals surface area contributed by atoms with Gasteiger partial charge in [0.2, 0.25) is 0 Å². The van der Waals surface area contributed by atoms with Gasteiger partial charge >= 0.3 is 5.91 Å². The number of hydrazone groups is 1. The zero-order valence-electron chi connectivity index (χ0n) is 14.8. The summed E-state index contributed by atoms with van der Waals surface area (Å²) >= 11 is 11.8. The van der Waals surface area contributed by atoms with Crippen molar-refractivity contribution in [3.05, 3.63) is 76.3 Å². The minimum absolute atomic E-state index is 0.146. The summed E-state index contributed by atoms with van der Waals surface area (Å²) in [7, 11) is 1.96. The van der Waals surface area contributed by atoms with E-state index >= 15 is 0 Å². The highest BCUT2D eigenvalue weighted by molar-refractivity contribution is 6.40. The molecule has 0 bridgehead atoms. The zero-order chi connectivity index (χ0) is 19.7. The molecule has 0 fully saturated rings. The summed E-state index contributed by atoms with van der Waals surface area (Å²) < 4.78 is 9.17. The Hall–Kier alpha value is -3.03. The van der Waals surface area contributed by atoms with E-state index in [1.165, 1.54) is 6.33 Å². The number of carbonyl (C=O) groups excluding carboxylic acids is 1. The molecular weight excluding hydrogens is 401 g/mol. The molecule has 0 aliphatic heterocycles. The number of amides is 1. The van der Waals surface area contributed by atoms with Gasteiger partial charge in [-0.2, -0.15) is 5.10 Å². The molecular formula is C19H15Cl2N5O2. The molecule has 0 radical (unpaired) electrons. The number of aryl methyl sites for hydroxylation is 1. The number of nitrogens with one attached hydrogen (secondary N) is 1. The predicted molar refractivity (Wildman–Crippen MR) is 108 cm³/mol. The van der Waals surface area contributed by atoms with Gasteiger partial charge in [0.05, 0.1) is 19.1 Å². The average molecular weight is 416 g/mol. The molecule has 0 unspecified atom stereocenters. The Morgan fingerprint density at radius 3 is 2.89 bits per heavy atom. The number of benzene rings is 1. The number of halogens is 2. The van der Waals surface area contributed by atoms with Gasteiger partial charge in [-0.1, -0.05) is 41.4 Å². The lowest BCUT2D eigenvalue weighted by molar-refractivity contribution is 0.0925. The Morgan fingerprint density at radius 2 is 2.11 bits per heavy atom. The van der Waals surface area contributed by atoms with Crippen LogP contribution in [0.1, 0.15) is 21.9 Å². The van der Waals surface area contributed by atoms with Crippen LogP contribution >= 0.6 is 23.2 Å². The Kier molecular flexibility index (Phi) is 4.93. The van der Waals surface area contributed by atoms with Crippen molar-refractivity contribution < 1.29 is 9.21 Å². The van der Waals surface area contributed by atoms with Crippen LogP contribution in [0.25, 0.3) is 10.9 Å². The van der Waals surface area contributed by atoms with Crippen molar-refractivity contribution >= 4 is 46.2 Å². The summed E-state index contributed by atoms with van der Waals surface area (Å²) in [5, 5.41) is 5.62. The number of nitrogens with zero attached hydrogens (tertiary/aromatic N) is 4. The molecule has 0 saturated heterocycles. The minimum Gasteiger partial charge on any atom is -0.454 e. The Morgan fingerprint density at radius 1 is 1.29 bits per heavy atom. The molecule has 4 aromatic rings. The smallest absolute Gasteiger partial charge is 0.307 e. The van der Waals surface area contributed by atoms with Crippen LogP contribution < -0.4 is 5.43 Å². The Balaban J connectivity index is 1.43. The van der Waals surface area contributed by atoms with Crippen molar-refractivity contribution in [2.24, 2.45) is 12.1 Å². The summed E-state index contributed by atoms with van der Waals surface area (Å²) in [6.07, 6.45) is 5.06. The van der Waals surface area contributed by atoms with Gasteiger partial charge < -0.3 is 13.6 Å². The Labute approximate surface area is 170 Å². The van der Waals surface area contributed by atoms with Crippen LogP contribution in [0, 0.1) is 0 Å². The van der Waals surface area contributed by atoms with E-state index in [9.17, 15) is 4.79 Å². The second-order valence-electron chi connectivity index (χ2n) is 6.13. The third-order valence-electron chi connectivity index (χ3n) is 4.24. The fourth-order valence-corrected chi connectivity index (χ4v) is 3.20. The first-order chi connectivity index (χ1) is 13.5. The number of hydrogen-bond acceptors (Lipinski definition) is 4. The van der Waals surface area contributed by atoms with Gasteiger partial charge in [0, 0.05) is 29.7 Å². The number of fused-ring (bicyclic) bond motifs is 1. The molecule has 3 heterocycles. The van der Waals surface area contributed by atoms with E-state index in [1.807, 2.05) is 42.1 Å². The van der Waals surface area contributed by atoms with Crippen molar-refractivity contribution in [1.29, 1.82) is 0 Å². The zero-order valence-corrected chi connectivity index (χ0v) is 16.3. The fraction of sp³-hybridized carbons (Fsp3) is 0.105. The lowest BCUT2D eigenvalue weighted by atomic mass is 10.2. The quantitative estimate of drug-likeness (QED) is 0.393. The summed E-state index contributed by atoms with van der Waals surface area (Å²) in [6, 6.07) is 11.2. The van der Waals surface area contributed by atoms with Crippen molar-refractivity contribution in [3.8, 4) is 0 Å². The van der Waals surface area contributed by atoms with Crippen molar-refractivity contribution in [3.63, 3.8) is 0 Å². The van der Waals surface area contributed by atoms with E-state index in [2.05, 4.69) is 15.5 Å². The molecule has 1 amide bonds. The van der Waals surface area contributed by atoms with E-state index in [4.69, 9.17) is 27.6 Å². The molecule has 0 spiro atoms. The Bertz CT molecular complexity index is 1190. The van der Waals surface area contributed by atoms with Crippen molar-refractivity contribution in [2.75, 3.05) is 0 Å². The second kappa shape index (κ2) is 7.53. The van der Waals surface area contributed by atoms with Gasteiger partial charge in [-0.05, 0) is 18.2 Å². The number of para-hydroxylation sites is 1. The monoisotopic (exact) mass is 415 g/mol. The molecule has 28 heavy (non-hydrogen) atoms. The predicted octanol–water partition coefficient (Wildman–Crippen LogP) is 4.09. The highest BCUT2D eigenvalue weighted by atomic mass is 35.5. The highest BCUT2D eigenvalue weighted by Gasteiger charge is 2.13. The standard InChI is InChI=1S/C19H15Cl2N5O2/c1-25-9-12(14-4-2-3-5-15(14)25)8-23-24-19(27)16-7-6-13(28-16)10-26-11-22-17(20)18(26)21/h2-9,11H,10H2,1H3,(H,24,27). The summed E-state index contributed by atoms with van der Waals surface area (Å²) in [4.78, 5) is 16.2. The van der Waals surface area contributed by atoms with E-state index in [0.717, 1.165) is 16.5 Å². The third kappa shape index (κ3) is 3.54. The average Bonchev–Trinajstić information content (AvgIpc) is 3.37. The normalized spacial score (nSPS) is 11.5. The van der Waals surface area contributed by atoms with Crippen molar-refractivity contribution in [2.45, 2.75) is 6.54 Å². The molecule has 0 saturated carbocycles. The van der Waals surface area contributed by atoms with Crippen LogP contribution in [0.3, 0.4) is 0 Å². The van der Waals surface area contributed by atoms with E-state index in [-0.39, 0.29) is 10.9 Å². The molecule has 0 aliphatic carbocycles. The molecule has 9 heteroatoms. The fourth-order valence-electron chi connectivity index (χ4n) is 2.90. The van der Waals surface area contributed by atoms with Crippen LogP contribution in [-0.2, 0) is 13.6 Å². The van der Waals surface area contributed by atoms with E-state index < -0.39 is 5.91 Å². The minimum atomic E-state index is -0.447. The van der Waals surface area contributed by atoms with Crippen LogP contribution in [-0.4, -0.2) is 26.2 Å². The van der Waals surface area contributed by atoms with Gasteiger partial charge in [-0.3, -0.25) is 4.79 Å². The third-order valence-corrected chi connectivity index (χ3v) is 5.01. The molecule has 142 valence electrons. The second-order valence-corrected chi connectivity index (χ2v) is 6.85. The highest BCUT2D eigenvalue weighted by Crippen LogP contribution is 2.21. The number of carbonyl (C=O) groups is 1. The summed E-state index contributed by atoms with van der Waals surface area (Å²) in [6.45, 7) is 0.311. The maximum atomic E-state index is 12.3. The lowest BCUT2D eigenvalue weighted by Gasteiger charge is -2.00. The number of rotatable bonds is 5. The molecule has 4 rings (SSSR count). The summed E-state index contributed by atoms with van der Waals surface area (Å²) in [5.41, 5.74) is 4.47. The number of imidazole rings is 1. The van der Waals surface area contributed by atoms with Crippen LogP contribution in [0.5, 0.6) is 0 Å². The van der Waals surface area contributed by atoms with Crippen molar-refractivity contribution in [1.82, 2.24) is 19.5 Å². The van der Waals surface area contributed by atoms with E-state index in [1.54, 1.807) is 22.9 Å². The lowest BCUT2D eigenvalue weighted by Crippen LogP contribution is -2.16. The molecule has 7 nitrogen and oxygen atoms in total. The van der Waals surface area contributed by atoms with Gasteiger partial charge in [0.25, 0.3) is 0 Å². The molecule has 3 aromatic heterocycles. The van der Waals surface area contributed by atoms with Crippen LogP contribution in [0.2, 0.25) is 10.3 Å². The molecule has 0 atom stereocenters. The summed E-state index contributed by atoms with van der Waals surface area (Å²) in [5.74, 6) is 0.240. The van der Waals surface area contributed by atoms with E-state index in [0.29, 0.717) is 17.5 Å². The van der Waals surface area contributed by atoms with Crippen LogP contribution in [0.4, 0.5) is 0 Å². The number of aromatic nitrogens is 3. The van der Waals surface area contributed by atoms with Crippen LogP contribution in [0.15, 0.2) is 58.4 Å². The first-order valence-corrected chi connectivity index (χ1v) is 9.11.